The van der Waals surface area contributed by atoms with Crippen LogP contribution in [0.2, 0.25) is 5.02 Å². The fraction of sp³-hybridized carbons (Fsp3) is 0. The van der Waals surface area contributed by atoms with Crippen molar-refractivity contribution < 1.29 is 9.59 Å². The van der Waals surface area contributed by atoms with Gasteiger partial charge in [-0.15, -0.1) is 0 Å². The van der Waals surface area contributed by atoms with Gasteiger partial charge in [0, 0.05) is 33.6 Å². The SMILES string of the molecule is O=C(Nc1ccc(NC(=S)NC(=O)c2cc(I)cc(I)c2Br)cc1)c1cccc(Cl)c1. The van der Waals surface area contributed by atoms with E-state index in [2.05, 4.69) is 77.1 Å². The third kappa shape index (κ3) is 6.85. The van der Waals surface area contributed by atoms with Crippen LogP contribution in [0.15, 0.2) is 65.1 Å². The van der Waals surface area contributed by atoms with Crippen LogP contribution in [0, 0.1) is 7.14 Å². The highest BCUT2D eigenvalue weighted by Gasteiger charge is 2.15. The summed E-state index contributed by atoms with van der Waals surface area (Å²) in [4.78, 5) is 24.9. The van der Waals surface area contributed by atoms with Crippen molar-refractivity contribution in [1.29, 1.82) is 0 Å². The molecule has 5 nitrogen and oxygen atoms in total. The molecule has 0 spiro atoms. The van der Waals surface area contributed by atoms with Crippen LogP contribution < -0.4 is 16.0 Å². The Kier molecular flexibility index (Phi) is 8.67. The highest BCUT2D eigenvalue weighted by atomic mass is 127. The molecule has 3 aromatic carbocycles. The zero-order chi connectivity index (χ0) is 22.5. The van der Waals surface area contributed by atoms with Crippen molar-refractivity contribution in [3.63, 3.8) is 0 Å². The van der Waals surface area contributed by atoms with Gasteiger partial charge >= 0.3 is 0 Å². The van der Waals surface area contributed by atoms with Gasteiger partial charge in [-0.3, -0.25) is 14.9 Å². The van der Waals surface area contributed by atoms with Crippen LogP contribution in [0.3, 0.4) is 0 Å². The van der Waals surface area contributed by atoms with Crippen molar-refractivity contribution in [3.05, 3.63) is 88.4 Å². The zero-order valence-corrected chi connectivity index (χ0v) is 23.0. The molecular formula is C21H13BrClI2N3O2S. The molecule has 0 atom stereocenters. The number of nitrogens with one attached hydrogen (secondary N) is 3. The Balaban J connectivity index is 1.60. The molecule has 158 valence electrons. The van der Waals surface area contributed by atoms with Crippen molar-refractivity contribution in [2.45, 2.75) is 0 Å². The third-order valence-electron chi connectivity index (χ3n) is 3.95. The molecule has 2 amide bonds. The molecule has 31 heavy (non-hydrogen) atoms. The lowest BCUT2D eigenvalue weighted by Gasteiger charge is -2.12. The van der Waals surface area contributed by atoms with Crippen molar-refractivity contribution in [2.75, 3.05) is 10.6 Å². The average molecular weight is 741 g/mol. The summed E-state index contributed by atoms with van der Waals surface area (Å²) in [6.45, 7) is 0. The largest absolute Gasteiger partial charge is 0.332 e. The topological polar surface area (TPSA) is 70.2 Å². The molecule has 0 unspecified atom stereocenters. The number of benzene rings is 3. The van der Waals surface area contributed by atoms with Gasteiger partial charge in [0.25, 0.3) is 11.8 Å². The Hall–Kier alpha value is -1.28. The Bertz CT molecular complexity index is 1180. The number of halogens is 4. The van der Waals surface area contributed by atoms with E-state index in [1.54, 1.807) is 54.6 Å². The quantitative estimate of drug-likeness (QED) is 0.159. The first-order valence-corrected chi connectivity index (χ1v) is 12.4. The van der Waals surface area contributed by atoms with Crippen molar-refractivity contribution in [1.82, 2.24) is 5.32 Å². The molecule has 10 heteroatoms. The normalized spacial score (nSPS) is 10.3. The number of hydrogen-bond donors (Lipinski definition) is 3. The van der Waals surface area contributed by atoms with Gasteiger partial charge in [0.1, 0.15) is 0 Å². The summed E-state index contributed by atoms with van der Waals surface area (Å²) in [6, 6.07) is 17.4. The molecule has 0 aliphatic rings. The fourth-order valence-electron chi connectivity index (χ4n) is 2.52. The number of carbonyl (C=O) groups excluding carboxylic acids is 2. The minimum atomic E-state index is -0.314. The maximum Gasteiger partial charge on any atom is 0.258 e. The second kappa shape index (κ2) is 11.0. The van der Waals surface area contributed by atoms with E-state index < -0.39 is 0 Å². The number of hydrogen-bond acceptors (Lipinski definition) is 3. The van der Waals surface area contributed by atoms with E-state index in [4.69, 9.17) is 23.8 Å². The van der Waals surface area contributed by atoms with Gasteiger partial charge < -0.3 is 10.6 Å². The highest BCUT2D eigenvalue weighted by Crippen LogP contribution is 2.26. The molecule has 0 bridgehead atoms. The lowest BCUT2D eigenvalue weighted by Crippen LogP contribution is -2.34. The van der Waals surface area contributed by atoms with Crippen LogP contribution in [0.1, 0.15) is 20.7 Å². The molecule has 0 heterocycles. The maximum atomic E-state index is 12.6. The monoisotopic (exact) mass is 739 g/mol. The van der Waals surface area contributed by atoms with Gasteiger partial charge in [-0.25, -0.2) is 0 Å². The lowest BCUT2D eigenvalue weighted by molar-refractivity contribution is 0.0975. The van der Waals surface area contributed by atoms with Crippen LogP contribution in [0.25, 0.3) is 0 Å². The van der Waals surface area contributed by atoms with Crippen molar-refractivity contribution >= 4 is 113 Å². The van der Waals surface area contributed by atoms with Gasteiger partial charge in [0.2, 0.25) is 0 Å². The minimum absolute atomic E-state index is 0.168. The zero-order valence-electron chi connectivity index (χ0n) is 15.5. The summed E-state index contributed by atoms with van der Waals surface area (Å²) in [7, 11) is 0. The Morgan fingerprint density at radius 1 is 0.903 bits per heavy atom. The molecule has 3 N–H and O–H groups in total. The van der Waals surface area contributed by atoms with E-state index in [0.29, 0.717) is 32.0 Å². The first-order chi connectivity index (χ1) is 14.7. The van der Waals surface area contributed by atoms with Crippen molar-refractivity contribution in [3.8, 4) is 0 Å². The van der Waals surface area contributed by atoms with Gasteiger partial charge in [-0.05, 0) is 128 Å². The number of thiocarbonyl (C=S) groups is 1. The summed E-state index contributed by atoms with van der Waals surface area (Å²) in [5.74, 6) is -0.574. The molecule has 3 rings (SSSR count). The third-order valence-corrected chi connectivity index (χ3v) is 7.46. The minimum Gasteiger partial charge on any atom is -0.332 e. The molecule has 0 aliphatic heterocycles. The Morgan fingerprint density at radius 3 is 2.19 bits per heavy atom. The molecule has 0 aromatic heterocycles. The first-order valence-electron chi connectivity index (χ1n) is 8.67. The number of anilines is 2. The number of amides is 2. The van der Waals surface area contributed by atoms with Gasteiger partial charge in [-0.1, -0.05) is 17.7 Å². The molecule has 0 saturated heterocycles. The molecule has 3 aromatic rings. The van der Waals surface area contributed by atoms with E-state index in [0.717, 1.165) is 7.14 Å². The Labute approximate surface area is 225 Å². The molecule has 0 aliphatic carbocycles. The summed E-state index contributed by atoms with van der Waals surface area (Å²) in [5.41, 5.74) is 2.25. The fourth-order valence-corrected chi connectivity index (χ4v) is 5.18. The van der Waals surface area contributed by atoms with Crippen molar-refractivity contribution in [2.24, 2.45) is 0 Å². The highest BCUT2D eigenvalue weighted by molar-refractivity contribution is 14.1. The summed E-state index contributed by atoms with van der Waals surface area (Å²) >= 11 is 18.9. The van der Waals surface area contributed by atoms with E-state index >= 15 is 0 Å². The second-order valence-electron chi connectivity index (χ2n) is 6.20. The van der Waals surface area contributed by atoms with E-state index in [-0.39, 0.29) is 16.9 Å². The van der Waals surface area contributed by atoms with E-state index in [9.17, 15) is 9.59 Å². The van der Waals surface area contributed by atoms with E-state index in [1.807, 2.05) is 6.07 Å². The van der Waals surface area contributed by atoms with Crippen LogP contribution >= 0.6 is 84.9 Å². The molecular weight excluding hydrogens is 727 g/mol. The summed E-state index contributed by atoms with van der Waals surface area (Å²) in [5, 5.41) is 9.10. The van der Waals surface area contributed by atoms with Gasteiger partial charge in [0.05, 0.1) is 5.56 Å². The standard InChI is InChI=1S/C21H13BrClI2N3O2S/c22-18-16(9-13(24)10-17(18)25)20(30)28-21(31)27-15-6-4-14(5-7-15)26-19(29)11-2-1-3-12(23)8-11/h1-10H,(H,26,29)(H2,27,28,30,31). The molecule has 0 radical (unpaired) electrons. The van der Waals surface area contributed by atoms with E-state index in [1.165, 1.54) is 0 Å². The van der Waals surface area contributed by atoms with Crippen LogP contribution in [-0.2, 0) is 0 Å². The smallest absolute Gasteiger partial charge is 0.258 e. The van der Waals surface area contributed by atoms with Crippen LogP contribution in [0.5, 0.6) is 0 Å². The Morgan fingerprint density at radius 2 is 1.55 bits per heavy atom. The van der Waals surface area contributed by atoms with Crippen LogP contribution in [-0.4, -0.2) is 16.9 Å². The molecule has 0 fully saturated rings. The second-order valence-corrected chi connectivity index (χ2v) is 10.2. The summed E-state index contributed by atoms with van der Waals surface area (Å²) < 4.78 is 2.60. The lowest BCUT2D eigenvalue weighted by atomic mass is 10.2. The maximum absolute atomic E-state index is 12.6. The van der Waals surface area contributed by atoms with Gasteiger partial charge in [-0.2, -0.15) is 0 Å². The first kappa shape index (κ1) is 24.4. The molecule has 0 saturated carbocycles. The van der Waals surface area contributed by atoms with Gasteiger partial charge in [0.15, 0.2) is 5.11 Å². The number of rotatable bonds is 4. The number of carbonyl (C=O) groups is 2. The summed E-state index contributed by atoms with van der Waals surface area (Å²) in [6.07, 6.45) is 0. The van der Waals surface area contributed by atoms with Crippen LogP contribution in [0.4, 0.5) is 11.4 Å². The average Bonchev–Trinajstić information content (AvgIpc) is 2.72. The predicted octanol–water partition coefficient (Wildman–Crippen LogP) is 6.69. The predicted molar refractivity (Wildman–Crippen MR) is 149 cm³/mol.